The van der Waals surface area contributed by atoms with Crippen LogP contribution in [0.3, 0.4) is 0 Å². The number of nitrogens with two attached hydrogens (primary N) is 1. The predicted molar refractivity (Wildman–Crippen MR) is 51.7 cm³/mol. The fourth-order valence-electron chi connectivity index (χ4n) is 1.96. The fraction of sp³-hybridized carbons (Fsp3) is 0.455. The van der Waals surface area contributed by atoms with Gasteiger partial charge in [-0.1, -0.05) is 29.9 Å². The summed E-state index contributed by atoms with van der Waals surface area (Å²) >= 11 is 0. The lowest BCUT2D eigenvalue weighted by atomic mass is 10.0. The first-order valence-electron chi connectivity index (χ1n) is 4.64. The summed E-state index contributed by atoms with van der Waals surface area (Å²) in [6, 6.07) is 0.381. The van der Waals surface area contributed by atoms with Crippen LogP contribution in [0.5, 0.6) is 0 Å². The van der Waals surface area contributed by atoms with E-state index in [-0.39, 0.29) is 0 Å². The first kappa shape index (κ1) is 7.81. The number of hydrogen-bond donors (Lipinski definition) is 1. The normalized spacial score (nSPS) is 31.2. The molecule has 12 heavy (non-hydrogen) atoms. The second-order valence-electron chi connectivity index (χ2n) is 3.61. The van der Waals surface area contributed by atoms with E-state index in [0.29, 0.717) is 6.04 Å². The lowest BCUT2D eigenvalue weighted by Gasteiger charge is -2.01. The van der Waals surface area contributed by atoms with Crippen LogP contribution in [-0.2, 0) is 0 Å². The van der Waals surface area contributed by atoms with E-state index in [1.807, 2.05) is 0 Å². The predicted octanol–water partition coefficient (Wildman–Crippen LogP) is 2.31. The van der Waals surface area contributed by atoms with Crippen molar-refractivity contribution in [2.24, 2.45) is 5.73 Å². The number of hydrogen-bond acceptors (Lipinski definition) is 1. The minimum absolute atomic E-state index is 0.381. The maximum Gasteiger partial charge on any atom is 0.0117 e. The van der Waals surface area contributed by atoms with Gasteiger partial charge in [-0.3, -0.25) is 0 Å². The molecule has 1 nitrogen and oxygen atoms in total. The van der Waals surface area contributed by atoms with E-state index >= 15 is 0 Å². The third-order valence-electron chi connectivity index (χ3n) is 2.57. The fourth-order valence-corrected chi connectivity index (χ4v) is 1.96. The van der Waals surface area contributed by atoms with Gasteiger partial charge in [0.05, 0.1) is 0 Å². The Morgan fingerprint density at radius 3 is 3.00 bits per heavy atom. The Balaban J connectivity index is 2.22. The largest absolute Gasteiger partial charge is 0.327 e. The lowest BCUT2D eigenvalue weighted by Crippen LogP contribution is -2.15. The average molecular weight is 161 g/mol. The zero-order valence-corrected chi connectivity index (χ0v) is 7.29. The monoisotopic (exact) mass is 161 g/mol. The molecule has 2 aliphatic carbocycles. The quantitative estimate of drug-likeness (QED) is 0.542. The average Bonchev–Trinajstić information content (AvgIpc) is 2.32. The molecule has 0 spiro atoms. The first-order chi connectivity index (χ1) is 5.86. The van der Waals surface area contributed by atoms with Gasteiger partial charge in [-0.25, -0.2) is 0 Å². The first-order valence-corrected chi connectivity index (χ1v) is 4.64. The molecule has 0 aromatic heterocycles. The van der Waals surface area contributed by atoms with Crippen molar-refractivity contribution in [2.45, 2.75) is 31.7 Å². The van der Waals surface area contributed by atoms with Crippen molar-refractivity contribution in [3.8, 4) is 0 Å². The van der Waals surface area contributed by atoms with Gasteiger partial charge in [0.2, 0.25) is 0 Å². The van der Waals surface area contributed by atoms with Crippen LogP contribution in [0.25, 0.3) is 0 Å². The van der Waals surface area contributed by atoms with Crippen LogP contribution in [0.2, 0.25) is 0 Å². The molecule has 64 valence electrons. The van der Waals surface area contributed by atoms with Gasteiger partial charge in [0, 0.05) is 6.04 Å². The summed E-state index contributed by atoms with van der Waals surface area (Å²) in [6.45, 7) is 0. The van der Waals surface area contributed by atoms with Crippen molar-refractivity contribution in [3.05, 3.63) is 35.5 Å². The second-order valence-corrected chi connectivity index (χ2v) is 3.61. The van der Waals surface area contributed by atoms with E-state index in [4.69, 9.17) is 5.73 Å². The molecule has 2 aliphatic rings. The van der Waals surface area contributed by atoms with Crippen LogP contribution in [0.15, 0.2) is 35.5 Å². The van der Waals surface area contributed by atoms with Crippen LogP contribution in [-0.4, -0.2) is 6.04 Å². The van der Waals surface area contributed by atoms with Gasteiger partial charge in [-0.2, -0.15) is 0 Å². The molecule has 0 fully saturated rings. The Morgan fingerprint density at radius 2 is 2.08 bits per heavy atom. The highest BCUT2D eigenvalue weighted by Crippen LogP contribution is 2.29. The SMILES string of the molecule is NC1CC2=C(C/C=C\CC=C2)C1. The van der Waals surface area contributed by atoms with Crippen molar-refractivity contribution >= 4 is 0 Å². The molecule has 1 unspecified atom stereocenters. The molecule has 0 radical (unpaired) electrons. The van der Waals surface area contributed by atoms with E-state index in [2.05, 4.69) is 24.3 Å². The molecule has 0 saturated carbocycles. The Kier molecular flexibility index (Phi) is 2.13. The molecule has 0 heterocycles. The molecule has 2 N–H and O–H groups in total. The van der Waals surface area contributed by atoms with Gasteiger partial charge < -0.3 is 5.73 Å². The van der Waals surface area contributed by atoms with E-state index in [9.17, 15) is 0 Å². The topological polar surface area (TPSA) is 26.0 Å². The molecule has 0 aromatic carbocycles. The van der Waals surface area contributed by atoms with Crippen LogP contribution >= 0.6 is 0 Å². The highest BCUT2D eigenvalue weighted by atomic mass is 14.6. The summed E-state index contributed by atoms with van der Waals surface area (Å²) in [5.74, 6) is 0. The summed E-state index contributed by atoms with van der Waals surface area (Å²) in [6.07, 6.45) is 13.3. The van der Waals surface area contributed by atoms with Crippen molar-refractivity contribution in [3.63, 3.8) is 0 Å². The summed E-state index contributed by atoms with van der Waals surface area (Å²) in [5.41, 5.74) is 8.94. The highest BCUT2D eigenvalue weighted by Gasteiger charge is 2.18. The summed E-state index contributed by atoms with van der Waals surface area (Å²) in [4.78, 5) is 0. The Labute approximate surface area is 73.6 Å². The van der Waals surface area contributed by atoms with Crippen molar-refractivity contribution in [1.29, 1.82) is 0 Å². The van der Waals surface area contributed by atoms with Gasteiger partial charge in [-0.05, 0) is 31.3 Å². The molecular weight excluding hydrogens is 146 g/mol. The molecule has 1 heteroatoms. The van der Waals surface area contributed by atoms with Crippen LogP contribution < -0.4 is 5.73 Å². The van der Waals surface area contributed by atoms with Gasteiger partial charge in [0.1, 0.15) is 0 Å². The van der Waals surface area contributed by atoms with Gasteiger partial charge in [-0.15, -0.1) is 0 Å². The van der Waals surface area contributed by atoms with E-state index < -0.39 is 0 Å². The molecule has 0 bridgehead atoms. The van der Waals surface area contributed by atoms with Crippen LogP contribution in [0, 0.1) is 0 Å². The van der Waals surface area contributed by atoms with E-state index in [1.165, 1.54) is 5.57 Å². The zero-order valence-electron chi connectivity index (χ0n) is 7.29. The summed E-state index contributed by atoms with van der Waals surface area (Å²) < 4.78 is 0. The van der Waals surface area contributed by atoms with Crippen LogP contribution in [0.4, 0.5) is 0 Å². The molecule has 0 aliphatic heterocycles. The lowest BCUT2D eigenvalue weighted by molar-refractivity contribution is 0.711. The molecule has 0 saturated heterocycles. The number of rotatable bonds is 0. The number of allylic oxidation sites excluding steroid dienone is 4. The molecule has 0 aromatic rings. The standard InChI is InChI=1S/C11H15N/c12-11-7-9-5-3-1-2-4-6-10(9)8-11/h1,3-4,6,11H,2,5,7-8,12H2/b3-1-,6-4?. The molecule has 1 atom stereocenters. The molecule has 0 amide bonds. The van der Waals surface area contributed by atoms with Gasteiger partial charge in [0.15, 0.2) is 0 Å². The maximum atomic E-state index is 5.90. The summed E-state index contributed by atoms with van der Waals surface area (Å²) in [5, 5.41) is 0. The summed E-state index contributed by atoms with van der Waals surface area (Å²) in [7, 11) is 0. The third kappa shape index (κ3) is 1.51. The third-order valence-corrected chi connectivity index (χ3v) is 2.57. The van der Waals surface area contributed by atoms with Gasteiger partial charge >= 0.3 is 0 Å². The zero-order chi connectivity index (χ0) is 8.39. The Morgan fingerprint density at radius 1 is 1.17 bits per heavy atom. The Bertz CT molecular complexity index is 258. The Hall–Kier alpha value is -0.820. The highest BCUT2D eigenvalue weighted by molar-refractivity contribution is 5.34. The smallest absolute Gasteiger partial charge is 0.0117 e. The molecule has 2 rings (SSSR count). The van der Waals surface area contributed by atoms with E-state index in [1.54, 1.807) is 5.57 Å². The van der Waals surface area contributed by atoms with Crippen molar-refractivity contribution < 1.29 is 0 Å². The minimum Gasteiger partial charge on any atom is -0.327 e. The second kappa shape index (κ2) is 3.28. The van der Waals surface area contributed by atoms with Crippen LogP contribution in [0.1, 0.15) is 25.7 Å². The van der Waals surface area contributed by atoms with E-state index in [0.717, 1.165) is 25.7 Å². The van der Waals surface area contributed by atoms with Gasteiger partial charge in [0.25, 0.3) is 0 Å². The molecular formula is C11H15N. The maximum absolute atomic E-state index is 5.90. The van der Waals surface area contributed by atoms with Crippen molar-refractivity contribution in [1.82, 2.24) is 0 Å². The van der Waals surface area contributed by atoms with Crippen molar-refractivity contribution in [2.75, 3.05) is 0 Å². The minimum atomic E-state index is 0.381.